The molecular weight excluding hydrogens is 240 g/mol. The second-order valence-electron chi connectivity index (χ2n) is 3.40. The van der Waals surface area contributed by atoms with Gasteiger partial charge in [-0.15, -0.1) is 0 Å². The van der Waals surface area contributed by atoms with E-state index in [2.05, 4.69) is 10.3 Å². The van der Waals surface area contributed by atoms with Gasteiger partial charge in [0.2, 0.25) is 0 Å². The Morgan fingerprint density at radius 2 is 2.41 bits per heavy atom. The first-order valence-electron chi connectivity index (χ1n) is 5.10. The monoisotopic (exact) mass is 252 g/mol. The van der Waals surface area contributed by atoms with Gasteiger partial charge in [0.15, 0.2) is 5.13 Å². The molecule has 0 fully saturated rings. The van der Waals surface area contributed by atoms with Gasteiger partial charge in [0.1, 0.15) is 11.3 Å². The van der Waals surface area contributed by atoms with Crippen LogP contribution < -0.4 is 10.1 Å². The molecular formula is C11H12N2O3S. The van der Waals surface area contributed by atoms with E-state index in [1.165, 1.54) is 11.3 Å². The van der Waals surface area contributed by atoms with Crippen LogP contribution in [-0.4, -0.2) is 29.7 Å². The van der Waals surface area contributed by atoms with Crippen molar-refractivity contribution in [1.82, 2.24) is 4.98 Å². The first-order chi connectivity index (χ1) is 8.20. The van der Waals surface area contributed by atoms with Crippen molar-refractivity contribution in [2.45, 2.75) is 6.42 Å². The van der Waals surface area contributed by atoms with Crippen LogP contribution in [0.1, 0.15) is 6.42 Å². The van der Waals surface area contributed by atoms with Crippen LogP contribution in [0.4, 0.5) is 5.13 Å². The molecule has 90 valence electrons. The summed E-state index contributed by atoms with van der Waals surface area (Å²) in [6.45, 7) is 0.372. The first-order valence-corrected chi connectivity index (χ1v) is 5.91. The summed E-state index contributed by atoms with van der Waals surface area (Å²) in [5.41, 5.74) is 0.804. The maximum absolute atomic E-state index is 10.4. The Hall–Kier alpha value is -1.82. The fraction of sp³-hybridized carbons (Fsp3) is 0.273. The average molecular weight is 252 g/mol. The Kier molecular flexibility index (Phi) is 3.43. The maximum atomic E-state index is 10.4. The quantitative estimate of drug-likeness (QED) is 0.853. The van der Waals surface area contributed by atoms with Crippen molar-refractivity contribution in [3.63, 3.8) is 0 Å². The van der Waals surface area contributed by atoms with Crippen LogP contribution in [0.2, 0.25) is 0 Å². The summed E-state index contributed by atoms with van der Waals surface area (Å²) in [5, 5.41) is 12.2. The average Bonchev–Trinajstić information content (AvgIpc) is 2.70. The van der Waals surface area contributed by atoms with Gasteiger partial charge in [0.25, 0.3) is 0 Å². The number of aliphatic carboxylic acids is 1. The normalized spacial score (nSPS) is 10.4. The molecule has 0 unspecified atom stereocenters. The second-order valence-corrected chi connectivity index (χ2v) is 4.43. The molecule has 0 saturated carbocycles. The summed E-state index contributed by atoms with van der Waals surface area (Å²) in [7, 11) is 1.60. The van der Waals surface area contributed by atoms with E-state index < -0.39 is 5.97 Å². The van der Waals surface area contributed by atoms with Crippen molar-refractivity contribution in [1.29, 1.82) is 0 Å². The summed E-state index contributed by atoms with van der Waals surface area (Å²) in [5.74, 6) is -0.0961. The number of rotatable bonds is 5. The van der Waals surface area contributed by atoms with E-state index in [0.717, 1.165) is 16.0 Å². The molecule has 0 spiro atoms. The van der Waals surface area contributed by atoms with Gasteiger partial charge in [0.05, 0.1) is 18.2 Å². The molecule has 2 rings (SSSR count). The Bertz CT molecular complexity index is 538. The molecule has 0 amide bonds. The molecule has 2 aromatic rings. The lowest BCUT2D eigenvalue weighted by atomic mass is 10.3. The Morgan fingerprint density at radius 1 is 1.59 bits per heavy atom. The molecule has 0 aliphatic rings. The number of carboxylic acid groups (broad SMARTS) is 1. The van der Waals surface area contributed by atoms with Gasteiger partial charge in [-0.3, -0.25) is 4.79 Å². The summed E-state index contributed by atoms with van der Waals surface area (Å²) < 4.78 is 6.22. The fourth-order valence-corrected chi connectivity index (χ4v) is 2.35. The third kappa shape index (κ3) is 2.65. The zero-order chi connectivity index (χ0) is 12.3. The van der Waals surface area contributed by atoms with Crippen molar-refractivity contribution in [2.24, 2.45) is 0 Å². The minimum atomic E-state index is -0.823. The number of hydrogen-bond donors (Lipinski definition) is 2. The van der Waals surface area contributed by atoms with Crippen molar-refractivity contribution >= 4 is 32.7 Å². The second kappa shape index (κ2) is 5.01. The molecule has 2 N–H and O–H groups in total. The van der Waals surface area contributed by atoms with E-state index in [0.29, 0.717) is 11.7 Å². The third-order valence-electron chi connectivity index (χ3n) is 2.22. The number of benzene rings is 1. The Labute approximate surface area is 102 Å². The molecule has 0 bridgehead atoms. The van der Waals surface area contributed by atoms with Gasteiger partial charge < -0.3 is 15.2 Å². The summed E-state index contributed by atoms with van der Waals surface area (Å²) in [4.78, 5) is 14.8. The number of carbonyl (C=O) groups is 1. The number of anilines is 1. The minimum Gasteiger partial charge on any atom is -0.494 e. The molecule has 0 saturated heterocycles. The van der Waals surface area contributed by atoms with Gasteiger partial charge >= 0.3 is 5.97 Å². The van der Waals surface area contributed by atoms with Crippen LogP contribution in [0.25, 0.3) is 10.2 Å². The first kappa shape index (κ1) is 11.7. The van der Waals surface area contributed by atoms with Gasteiger partial charge in [-0.25, -0.2) is 4.98 Å². The van der Waals surface area contributed by atoms with Crippen LogP contribution in [0.5, 0.6) is 5.75 Å². The van der Waals surface area contributed by atoms with Crippen LogP contribution >= 0.6 is 11.3 Å². The zero-order valence-corrected chi connectivity index (χ0v) is 10.1. The number of methoxy groups -OCH3 is 1. The van der Waals surface area contributed by atoms with Crippen molar-refractivity contribution in [3.8, 4) is 5.75 Å². The van der Waals surface area contributed by atoms with Gasteiger partial charge in [-0.1, -0.05) is 17.4 Å². The number of nitrogens with one attached hydrogen (secondary N) is 1. The van der Waals surface area contributed by atoms with Crippen LogP contribution in [0.3, 0.4) is 0 Å². The molecule has 6 heteroatoms. The SMILES string of the molecule is COc1cccc2sc(NCCC(=O)O)nc12. The summed E-state index contributed by atoms with van der Waals surface area (Å²) >= 11 is 1.48. The van der Waals surface area contributed by atoms with E-state index in [1.807, 2.05) is 18.2 Å². The topological polar surface area (TPSA) is 71.5 Å². The standard InChI is InChI=1S/C11H12N2O3S/c1-16-7-3-2-4-8-10(7)13-11(17-8)12-6-5-9(14)15/h2-4H,5-6H2,1H3,(H,12,13)(H,14,15). The number of carboxylic acids is 1. The third-order valence-corrected chi connectivity index (χ3v) is 3.20. The van der Waals surface area contributed by atoms with E-state index >= 15 is 0 Å². The maximum Gasteiger partial charge on any atom is 0.305 e. The lowest BCUT2D eigenvalue weighted by Gasteiger charge is -1.98. The van der Waals surface area contributed by atoms with Gasteiger partial charge in [-0.2, -0.15) is 0 Å². The zero-order valence-electron chi connectivity index (χ0n) is 9.27. The molecule has 1 aromatic heterocycles. The van der Waals surface area contributed by atoms with Crippen molar-refractivity contribution in [3.05, 3.63) is 18.2 Å². The highest BCUT2D eigenvalue weighted by Gasteiger charge is 2.08. The van der Waals surface area contributed by atoms with Gasteiger partial charge in [-0.05, 0) is 12.1 Å². The lowest BCUT2D eigenvalue weighted by molar-refractivity contribution is -0.136. The molecule has 0 aliphatic carbocycles. The van der Waals surface area contributed by atoms with Crippen LogP contribution in [-0.2, 0) is 4.79 Å². The summed E-state index contributed by atoms with van der Waals surface area (Å²) in [6, 6.07) is 5.71. The highest BCUT2D eigenvalue weighted by molar-refractivity contribution is 7.22. The van der Waals surface area contributed by atoms with Crippen LogP contribution in [0, 0.1) is 0 Å². The number of para-hydroxylation sites is 1. The number of hydrogen-bond acceptors (Lipinski definition) is 5. The molecule has 17 heavy (non-hydrogen) atoms. The number of fused-ring (bicyclic) bond motifs is 1. The fourth-order valence-electron chi connectivity index (χ4n) is 1.44. The largest absolute Gasteiger partial charge is 0.494 e. The molecule has 0 radical (unpaired) electrons. The molecule has 0 aliphatic heterocycles. The predicted octanol–water partition coefficient (Wildman–Crippen LogP) is 2.19. The van der Waals surface area contributed by atoms with Crippen molar-refractivity contribution in [2.75, 3.05) is 19.0 Å². The number of thiazole rings is 1. The molecule has 0 atom stereocenters. The number of aromatic nitrogens is 1. The van der Waals surface area contributed by atoms with E-state index in [9.17, 15) is 4.79 Å². The predicted molar refractivity (Wildman–Crippen MR) is 66.9 cm³/mol. The Morgan fingerprint density at radius 3 is 3.12 bits per heavy atom. The van der Waals surface area contributed by atoms with Crippen LogP contribution in [0.15, 0.2) is 18.2 Å². The smallest absolute Gasteiger partial charge is 0.305 e. The van der Waals surface area contributed by atoms with E-state index in [4.69, 9.17) is 9.84 Å². The molecule has 5 nitrogen and oxygen atoms in total. The number of nitrogens with zero attached hydrogens (tertiary/aromatic N) is 1. The van der Waals surface area contributed by atoms with Crippen molar-refractivity contribution < 1.29 is 14.6 Å². The molecule has 1 heterocycles. The highest BCUT2D eigenvalue weighted by atomic mass is 32.1. The van der Waals surface area contributed by atoms with Gasteiger partial charge in [0, 0.05) is 6.54 Å². The number of ether oxygens (including phenoxy) is 1. The van der Waals surface area contributed by atoms with E-state index in [-0.39, 0.29) is 6.42 Å². The van der Waals surface area contributed by atoms with E-state index in [1.54, 1.807) is 7.11 Å². The minimum absolute atomic E-state index is 0.0764. The lowest BCUT2D eigenvalue weighted by Crippen LogP contribution is -2.06. The molecule has 1 aromatic carbocycles. The highest BCUT2D eigenvalue weighted by Crippen LogP contribution is 2.31. The Balaban J connectivity index is 2.17. The summed E-state index contributed by atoms with van der Waals surface area (Å²) in [6.07, 6.45) is 0.0764.